The summed E-state index contributed by atoms with van der Waals surface area (Å²) in [6.07, 6.45) is -2.69. The van der Waals surface area contributed by atoms with Gasteiger partial charge in [0, 0.05) is 51.4 Å². The van der Waals surface area contributed by atoms with E-state index < -0.39 is 141 Å². The third-order valence-corrected chi connectivity index (χ3v) is 20.3. The zero-order valence-corrected chi connectivity index (χ0v) is 52.8. The van der Waals surface area contributed by atoms with Gasteiger partial charge < -0.3 is 76.5 Å². The SMILES string of the molecule is C=CC(O)C(=C)/C=C/[C@@](C)(O)[C@H]1O[C@@H]2C[C@@H]3O[C@@H]4C[C@@H]5O[C@@H]6C[C@@H]7O[C@@H]8C[C@@H]9O[C@@H]%10C[C@@H]%11O[C@](C)(CCOS(=O)(=O)[O-])[C@@H](OS(=O)(=O)[O-])C[C@H]%11O[C@H]%10C[C@H]9O[C@H]8CC[C@@]7(C)O[C@@]6(C)C[C@H](C)[C@H]5O[C@H]4[C@@H](O)[C@@]3(C)O[C@H]2CC1=C.[Na+].[Na+]. The molecule has 0 aromatic rings. The van der Waals surface area contributed by atoms with Crippen molar-refractivity contribution in [3.05, 3.63) is 49.1 Å². The molecule has 440 valence electrons. The molecule has 11 aliphatic heterocycles. The summed E-state index contributed by atoms with van der Waals surface area (Å²) in [5.74, 6) is -0.0343. The summed E-state index contributed by atoms with van der Waals surface area (Å²) < 4.78 is 154. The zero-order chi connectivity index (χ0) is 55.9. The maximum Gasteiger partial charge on any atom is 1.00 e. The number of ether oxygens (including phenoxy) is 11. The summed E-state index contributed by atoms with van der Waals surface area (Å²) in [7, 11) is -10.3. The van der Waals surface area contributed by atoms with E-state index >= 15 is 0 Å². The predicted octanol–water partition coefficient (Wildman–Crippen LogP) is -3.04. The van der Waals surface area contributed by atoms with Gasteiger partial charge in [0.25, 0.3) is 0 Å². The monoisotopic (exact) mass is 1190 g/mol. The largest absolute Gasteiger partial charge is 1.00 e. The Labute approximate surface area is 514 Å². The molecule has 26 heteroatoms. The van der Waals surface area contributed by atoms with Gasteiger partial charge in [0.1, 0.15) is 35.6 Å². The number of hydrogen-bond acceptors (Lipinski definition) is 22. The van der Waals surface area contributed by atoms with Crippen molar-refractivity contribution in [2.75, 3.05) is 6.61 Å². The van der Waals surface area contributed by atoms with Crippen LogP contribution in [-0.4, -0.2) is 204 Å². The smallest absolute Gasteiger partial charge is 0.726 e. The van der Waals surface area contributed by atoms with E-state index in [-0.39, 0.29) is 121 Å². The molecule has 0 aromatic carbocycles. The number of aliphatic hydroxyl groups excluding tert-OH is 2. The van der Waals surface area contributed by atoms with Crippen LogP contribution in [0.3, 0.4) is 0 Å². The van der Waals surface area contributed by atoms with Crippen molar-refractivity contribution >= 4 is 20.8 Å². The van der Waals surface area contributed by atoms with E-state index in [4.69, 9.17) is 56.3 Å². The van der Waals surface area contributed by atoms with Gasteiger partial charge in [-0.1, -0.05) is 38.3 Å². The summed E-state index contributed by atoms with van der Waals surface area (Å²) in [5, 5.41) is 34.1. The molecule has 0 radical (unpaired) electrons. The van der Waals surface area contributed by atoms with E-state index in [1.165, 1.54) is 13.0 Å². The van der Waals surface area contributed by atoms with Crippen molar-refractivity contribution < 1.29 is 161 Å². The molecular formula is C54H78Na2O22S2. The van der Waals surface area contributed by atoms with Crippen LogP contribution in [0.2, 0.25) is 0 Å². The second-order valence-electron chi connectivity index (χ2n) is 25.3. The minimum Gasteiger partial charge on any atom is -0.726 e. The second kappa shape index (κ2) is 23.6. The van der Waals surface area contributed by atoms with E-state index in [2.05, 4.69) is 44.7 Å². The predicted molar refractivity (Wildman–Crippen MR) is 269 cm³/mol. The van der Waals surface area contributed by atoms with Gasteiger partial charge in [-0.15, -0.1) is 6.58 Å². The van der Waals surface area contributed by atoms with Crippen molar-refractivity contribution in [3.63, 3.8) is 0 Å². The molecule has 27 atom stereocenters. The summed E-state index contributed by atoms with van der Waals surface area (Å²) in [5.41, 5.74) is -4.57. The van der Waals surface area contributed by atoms with Gasteiger partial charge in [0.2, 0.25) is 20.8 Å². The minimum atomic E-state index is -5.21. The molecule has 11 heterocycles. The maximum atomic E-state index is 12.3. The first-order valence-corrected chi connectivity index (χ1v) is 30.4. The molecule has 80 heavy (non-hydrogen) atoms. The topological polar surface area (TPSA) is 295 Å². The first-order valence-electron chi connectivity index (χ1n) is 27.8. The van der Waals surface area contributed by atoms with E-state index in [0.717, 1.165) is 0 Å². The fraction of sp³-hybridized carbons (Fsp3) is 0.852. The van der Waals surface area contributed by atoms with Crippen molar-refractivity contribution in [3.8, 4) is 0 Å². The summed E-state index contributed by atoms with van der Waals surface area (Å²) in [4.78, 5) is 0. The molecule has 22 nitrogen and oxygen atoms in total. The van der Waals surface area contributed by atoms with Crippen LogP contribution in [0.1, 0.15) is 119 Å². The molecule has 11 rings (SSSR count). The number of hydrogen-bond donors (Lipinski definition) is 3. The number of rotatable bonds is 11. The third-order valence-electron chi connectivity index (χ3n) is 19.4. The Kier molecular flexibility index (Phi) is 19.0. The quantitative estimate of drug-likeness (QED) is 0.0609. The average molecular weight is 1190 g/mol. The van der Waals surface area contributed by atoms with Gasteiger partial charge in [0.15, 0.2) is 0 Å². The Hall–Kier alpha value is 0.140. The summed E-state index contributed by atoms with van der Waals surface area (Å²) >= 11 is 0. The summed E-state index contributed by atoms with van der Waals surface area (Å²) in [6, 6.07) is 0. The van der Waals surface area contributed by atoms with Crippen molar-refractivity contribution in [2.24, 2.45) is 5.92 Å². The van der Waals surface area contributed by atoms with Crippen LogP contribution in [0.15, 0.2) is 49.1 Å². The van der Waals surface area contributed by atoms with Crippen LogP contribution in [-0.2, 0) is 81.3 Å². The van der Waals surface area contributed by atoms with Gasteiger partial charge in [-0.05, 0) is 77.4 Å². The Morgan fingerprint density at radius 1 is 0.738 bits per heavy atom. The van der Waals surface area contributed by atoms with Crippen LogP contribution in [0.4, 0.5) is 0 Å². The molecule has 1 unspecified atom stereocenters. The molecule has 0 amide bonds. The van der Waals surface area contributed by atoms with Gasteiger partial charge in [-0.3, -0.25) is 8.37 Å². The Morgan fingerprint density at radius 3 is 1.95 bits per heavy atom. The van der Waals surface area contributed by atoms with Gasteiger partial charge in [-0.2, -0.15) is 0 Å². The zero-order valence-electron chi connectivity index (χ0n) is 47.2. The van der Waals surface area contributed by atoms with Crippen LogP contribution in [0.5, 0.6) is 0 Å². The molecule has 0 aliphatic carbocycles. The van der Waals surface area contributed by atoms with Crippen LogP contribution in [0.25, 0.3) is 0 Å². The first-order chi connectivity index (χ1) is 36.4. The van der Waals surface area contributed by atoms with E-state index in [9.17, 15) is 41.3 Å². The Balaban J connectivity index is 0.00000387. The molecule has 3 N–H and O–H groups in total. The molecular weight excluding hydrogens is 1110 g/mol. The molecule has 0 spiro atoms. The molecule has 11 aliphatic rings. The van der Waals surface area contributed by atoms with E-state index in [0.29, 0.717) is 75.4 Å². The third kappa shape index (κ3) is 12.6. The molecule has 0 saturated carbocycles. The molecule has 0 aromatic heterocycles. The first kappa shape index (κ1) is 64.6. The minimum absolute atomic E-state index is 0. The maximum absolute atomic E-state index is 12.3. The van der Waals surface area contributed by atoms with Gasteiger partial charge in [-0.25, -0.2) is 16.8 Å². The van der Waals surface area contributed by atoms with E-state index in [1.807, 2.05) is 6.92 Å². The van der Waals surface area contributed by atoms with Crippen molar-refractivity contribution in [1.82, 2.24) is 0 Å². The van der Waals surface area contributed by atoms with Crippen molar-refractivity contribution in [2.45, 2.75) is 275 Å². The Bertz CT molecular complexity index is 2580. The normalized spacial score (nSPS) is 50.0. The van der Waals surface area contributed by atoms with Gasteiger partial charge in [0.05, 0.1) is 127 Å². The standard InChI is InChI=1S/C54H80O22S2.2Na/c1-10-29(55)26(2)11-13-50(5,57)49-27(3)17-38-37(71-49)23-45-54(9,74-38)48(56)47-41(70-45)21-40-46(72-47)28(4)25-53(8)43(69-40)24-42-52(7,76-53)14-12-30-31(68-42)18-33-32(65-30)19-34-35(66-33)20-39-36(67-34)22-44(75-78(61,62)63)51(6,73-39)15-16-64-77(58,59)60;;/h10-11,13,28-49,55-57H,1-3,12,14-25H2,4-9H3,(H,58,59,60)(H,61,62,63);;/q;2*+1/p-2/b13-11+;;/t28-,29?,30-,31+,32+,33-,34-,35+,36+,37+,38-,39-,40-,41+,42-,43+,44-,45-,46+,47+,48+,49-,50+,51+,52+,53-,54-;;/m0../s1. The van der Waals surface area contributed by atoms with Gasteiger partial charge >= 0.3 is 59.1 Å². The van der Waals surface area contributed by atoms with Crippen LogP contribution >= 0.6 is 0 Å². The van der Waals surface area contributed by atoms with Crippen molar-refractivity contribution in [1.29, 1.82) is 0 Å². The fourth-order valence-electron chi connectivity index (χ4n) is 15.3. The number of aliphatic hydroxyl groups is 3. The van der Waals surface area contributed by atoms with Crippen LogP contribution in [0, 0.1) is 5.92 Å². The second-order valence-corrected chi connectivity index (χ2v) is 27.3. The Morgan fingerprint density at radius 2 is 1.30 bits per heavy atom. The average Bonchev–Trinajstić information content (AvgIpc) is 3.75. The van der Waals surface area contributed by atoms with Crippen LogP contribution < -0.4 is 59.1 Å². The molecule has 11 saturated heterocycles. The fourth-order valence-corrected chi connectivity index (χ4v) is 16.2. The number of fused-ring (bicyclic) bond motifs is 10. The molecule has 11 fully saturated rings. The molecule has 0 bridgehead atoms. The summed E-state index contributed by atoms with van der Waals surface area (Å²) in [6.45, 7) is 22.5. The van der Waals surface area contributed by atoms with E-state index in [1.54, 1.807) is 19.1 Å².